The molecule has 2 rings (SSSR count). The monoisotopic (exact) mass is 244 g/mol. The standard InChI is InChI=1S/C10H16N2O3S/c1-12-4-2-9(3-5-12)7-15-10-6-11-16(13,14)8-10/h6,8-9H,2-5,7H2,1H3. The van der Waals surface area contributed by atoms with Crippen molar-refractivity contribution < 1.29 is 13.2 Å². The topological polar surface area (TPSA) is 59.0 Å². The van der Waals surface area contributed by atoms with Gasteiger partial charge in [-0.05, 0) is 38.9 Å². The van der Waals surface area contributed by atoms with E-state index in [0.717, 1.165) is 31.3 Å². The molecule has 0 amide bonds. The summed E-state index contributed by atoms with van der Waals surface area (Å²) in [5.74, 6) is 0.882. The Balaban J connectivity index is 1.79. The van der Waals surface area contributed by atoms with E-state index in [4.69, 9.17) is 4.74 Å². The minimum atomic E-state index is -3.38. The van der Waals surface area contributed by atoms with Crippen molar-refractivity contribution in [2.75, 3.05) is 26.7 Å². The lowest BCUT2D eigenvalue weighted by atomic mass is 9.98. The van der Waals surface area contributed by atoms with Crippen LogP contribution in [-0.4, -0.2) is 46.3 Å². The first-order valence-corrected chi connectivity index (χ1v) is 6.89. The average molecular weight is 244 g/mol. The highest BCUT2D eigenvalue weighted by atomic mass is 32.2. The van der Waals surface area contributed by atoms with Gasteiger partial charge in [-0.1, -0.05) is 0 Å². The molecule has 0 N–H and O–H groups in total. The van der Waals surface area contributed by atoms with Gasteiger partial charge in [-0.2, -0.15) is 12.8 Å². The van der Waals surface area contributed by atoms with E-state index < -0.39 is 10.0 Å². The zero-order valence-electron chi connectivity index (χ0n) is 9.30. The summed E-state index contributed by atoms with van der Waals surface area (Å²) in [6, 6.07) is 0. The average Bonchev–Trinajstić information content (AvgIpc) is 2.58. The van der Waals surface area contributed by atoms with Gasteiger partial charge in [0.1, 0.15) is 0 Å². The van der Waals surface area contributed by atoms with Crippen LogP contribution in [0.5, 0.6) is 0 Å². The molecule has 0 atom stereocenters. The van der Waals surface area contributed by atoms with E-state index in [9.17, 15) is 8.42 Å². The molecule has 1 saturated heterocycles. The second-order valence-corrected chi connectivity index (χ2v) is 5.80. The second-order valence-electron chi connectivity index (χ2n) is 4.33. The number of allylic oxidation sites excluding steroid dienone is 1. The fourth-order valence-electron chi connectivity index (χ4n) is 1.85. The Bertz CT molecular complexity index is 406. The van der Waals surface area contributed by atoms with Crippen LogP contribution >= 0.6 is 0 Å². The third kappa shape index (κ3) is 3.05. The summed E-state index contributed by atoms with van der Waals surface area (Å²) in [5.41, 5.74) is 0. The number of piperidine rings is 1. The smallest absolute Gasteiger partial charge is 0.279 e. The Labute approximate surface area is 95.9 Å². The minimum absolute atomic E-state index is 0.360. The maximum Gasteiger partial charge on any atom is 0.279 e. The largest absolute Gasteiger partial charge is 0.491 e. The number of hydrogen-bond donors (Lipinski definition) is 0. The van der Waals surface area contributed by atoms with Crippen LogP contribution in [0.3, 0.4) is 0 Å². The number of sulfonamides is 1. The van der Waals surface area contributed by atoms with Gasteiger partial charge in [0, 0.05) is 0 Å². The van der Waals surface area contributed by atoms with Gasteiger partial charge < -0.3 is 9.64 Å². The SMILES string of the molecule is CN1CCC(COC2=CS(=O)(=O)N=C2)CC1. The van der Waals surface area contributed by atoms with Crippen LogP contribution in [0.2, 0.25) is 0 Å². The second kappa shape index (κ2) is 4.55. The number of likely N-dealkylation sites (tertiary alicyclic amines) is 1. The van der Waals surface area contributed by atoms with E-state index in [2.05, 4.69) is 16.3 Å². The van der Waals surface area contributed by atoms with Crippen molar-refractivity contribution in [3.05, 3.63) is 11.2 Å². The Morgan fingerprint density at radius 3 is 2.75 bits per heavy atom. The summed E-state index contributed by atoms with van der Waals surface area (Å²) in [6.07, 6.45) is 3.48. The van der Waals surface area contributed by atoms with Gasteiger partial charge in [0.25, 0.3) is 10.0 Å². The Kier molecular flexibility index (Phi) is 3.30. The molecule has 0 aromatic heterocycles. The third-order valence-electron chi connectivity index (χ3n) is 2.92. The van der Waals surface area contributed by atoms with Crippen LogP contribution in [0.25, 0.3) is 0 Å². The molecule has 0 spiro atoms. The predicted molar refractivity (Wildman–Crippen MR) is 61.7 cm³/mol. The van der Waals surface area contributed by atoms with Crippen molar-refractivity contribution in [3.63, 3.8) is 0 Å². The number of rotatable bonds is 3. The van der Waals surface area contributed by atoms with E-state index >= 15 is 0 Å². The highest BCUT2D eigenvalue weighted by Gasteiger charge is 2.19. The number of ether oxygens (including phenoxy) is 1. The van der Waals surface area contributed by atoms with Gasteiger partial charge in [-0.25, -0.2) is 0 Å². The highest BCUT2D eigenvalue weighted by Crippen LogP contribution is 2.18. The maximum atomic E-state index is 11.0. The van der Waals surface area contributed by atoms with E-state index in [1.54, 1.807) is 0 Å². The minimum Gasteiger partial charge on any atom is -0.491 e. The molecule has 90 valence electrons. The van der Waals surface area contributed by atoms with E-state index in [-0.39, 0.29) is 0 Å². The molecule has 2 aliphatic heterocycles. The molecule has 1 fully saturated rings. The molecule has 0 unspecified atom stereocenters. The molecule has 5 nitrogen and oxygen atoms in total. The fourth-order valence-corrected chi connectivity index (χ4v) is 2.58. The van der Waals surface area contributed by atoms with Crippen LogP contribution in [-0.2, 0) is 14.8 Å². The fraction of sp³-hybridized carbons (Fsp3) is 0.700. The highest BCUT2D eigenvalue weighted by molar-refractivity contribution is 7.93. The summed E-state index contributed by atoms with van der Waals surface area (Å²) in [6.45, 7) is 2.75. The van der Waals surface area contributed by atoms with Crippen LogP contribution < -0.4 is 0 Å². The third-order valence-corrected chi connectivity index (χ3v) is 3.85. The first-order valence-electron chi connectivity index (χ1n) is 5.38. The molecule has 0 radical (unpaired) electrons. The van der Waals surface area contributed by atoms with Crippen molar-refractivity contribution >= 4 is 16.2 Å². The lowest BCUT2D eigenvalue weighted by Crippen LogP contribution is -2.31. The van der Waals surface area contributed by atoms with Gasteiger partial charge in [0.05, 0.1) is 18.2 Å². The number of hydrogen-bond acceptors (Lipinski definition) is 4. The zero-order chi connectivity index (χ0) is 11.6. The van der Waals surface area contributed by atoms with Crippen LogP contribution in [0.1, 0.15) is 12.8 Å². The molecule has 0 aromatic rings. The molecular formula is C10H16N2O3S. The van der Waals surface area contributed by atoms with Crippen LogP contribution in [0, 0.1) is 5.92 Å². The van der Waals surface area contributed by atoms with E-state index in [1.807, 2.05) is 0 Å². The van der Waals surface area contributed by atoms with Gasteiger partial charge in [0.2, 0.25) is 0 Å². The summed E-state index contributed by atoms with van der Waals surface area (Å²) >= 11 is 0. The molecule has 16 heavy (non-hydrogen) atoms. The lowest BCUT2D eigenvalue weighted by Gasteiger charge is -2.28. The van der Waals surface area contributed by atoms with Crippen LogP contribution in [0.15, 0.2) is 15.6 Å². The molecule has 0 bridgehead atoms. The molecule has 2 heterocycles. The molecule has 0 aliphatic carbocycles. The zero-order valence-corrected chi connectivity index (χ0v) is 10.1. The van der Waals surface area contributed by atoms with Gasteiger partial charge in [-0.3, -0.25) is 0 Å². The van der Waals surface area contributed by atoms with Crippen molar-refractivity contribution in [1.29, 1.82) is 0 Å². The summed E-state index contributed by atoms with van der Waals surface area (Å²) < 4.78 is 30.7. The molecule has 0 aromatic carbocycles. The Hall–Kier alpha value is -0.880. The summed E-state index contributed by atoms with van der Waals surface area (Å²) in [7, 11) is -1.28. The normalized spacial score (nSPS) is 25.7. The van der Waals surface area contributed by atoms with Gasteiger partial charge in [-0.15, -0.1) is 0 Å². The summed E-state index contributed by atoms with van der Waals surface area (Å²) in [5, 5.41) is 1.07. The predicted octanol–water partition coefficient (Wildman–Crippen LogP) is 0.600. The van der Waals surface area contributed by atoms with E-state index in [0.29, 0.717) is 18.3 Å². The first-order chi connectivity index (χ1) is 7.55. The molecule has 2 aliphatic rings. The lowest BCUT2D eigenvalue weighted by molar-refractivity contribution is 0.127. The van der Waals surface area contributed by atoms with Crippen molar-refractivity contribution in [1.82, 2.24) is 4.90 Å². The number of nitrogens with zero attached hydrogens (tertiary/aromatic N) is 2. The van der Waals surface area contributed by atoms with Crippen molar-refractivity contribution in [2.45, 2.75) is 12.8 Å². The first kappa shape index (κ1) is 11.6. The van der Waals surface area contributed by atoms with Crippen LogP contribution in [0.4, 0.5) is 0 Å². The van der Waals surface area contributed by atoms with E-state index in [1.165, 1.54) is 6.21 Å². The quantitative estimate of drug-likeness (QED) is 0.729. The molecular weight excluding hydrogens is 228 g/mol. The van der Waals surface area contributed by atoms with Crippen molar-refractivity contribution in [3.8, 4) is 0 Å². The molecule has 0 saturated carbocycles. The molecule has 6 heteroatoms. The van der Waals surface area contributed by atoms with Crippen molar-refractivity contribution in [2.24, 2.45) is 10.3 Å². The maximum absolute atomic E-state index is 11.0. The van der Waals surface area contributed by atoms with Gasteiger partial charge >= 0.3 is 0 Å². The summed E-state index contributed by atoms with van der Waals surface area (Å²) in [4.78, 5) is 2.29. The Morgan fingerprint density at radius 2 is 2.19 bits per heavy atom. The Morgan fingerprint density at radius 1 is 1.50 bits per heavy atom. The van der Waals surface area contributed by atoms with Gasteiger partial charge in [0.15, 0.2) is 5.76 Å².